The number of ketones is 1. The van der Waals surface area contributed by atoms with E-state index in [2.05, 4.69) is 0 Å². The third-order valence-corrected chi connectivity index (χ3v) is 3.44. The minimum absolute atomic E-state index is 0.0696. The zero-order chi connectivity index (χ0) is 13.8. The Morgan fingerprint density at radius 2 is 1.58 bits per heavy atom. The minimum Gasteiger partial charge on any atom is -0.378 e. The number of benzene rings is 2. The van der Waals surface area contributed by atoms with Gasteiger partial charge >= 0.3 is 0 Å². The first-order chi connectivity index (χ1) is 9.09. The number of carbonyl (C=O) groups excluding carboxylic acids is 1. The van der Waals surface area contributed by atoms with Crippen molar-refractivity contribution in [3.63, 3.8) is 0 Å². The van der Waals surface area contributed by atoms with Crippen molar-refractivity contribution in [2.75, 3.05) is 19.0 Å². The highest BCUT2D eigenvalue weighted by atomic mass is 35.5. The second kappa shape index (κ2) is 5.89. The van der Waals surface area contributed by atoms with Gasteiger partial charge in [-0.3, -0.25) is 4.79 Å². The van der Waals surface area contributed by atoms with E-state index in [-0.39, 0.29) is 5.78 Å². The van der Waals surface area contributed by atoms with Gasteiger partial charge in [-0.15, -0.1) is 11.6 Å². The van der Waals surface area contributed by atoms with E-state index >= 15 is 0 Å². The zero-order valence-corrected chi connectivity index (χ0v) is 11.8. The number of rotatable bonds is 4. The van der Waals surface area contributed by atoms with Gasteiger partial charge in [-0.2, -0.15) is 0 Å². The van der Waals surface area contributed by atoms with Gasteiger partial charge in [0.05, 0.1) is 0 Å². The molecule has 2 rings (SSSR count). The molecule has 0 saturated carbocycles. The van der Waals surface area contributed by atoms with Crippen molar-refractivity contribution in [2.45, 2.75) is 5.38 Å². The lowest BCUT2D eigenvalue weighted by molar-refractivity contribution is 0.0987. The van der Waals surface area contributed by atoms with Crippen molar-refractivity contribution >= 4 is 23.1 Å². The molecule has 0 radical (unpaired) electrons. The summed E-state index contributed by atoms with van der Waals surface area (Å²) in [6.07, 6.45) is 0. The monoisotopic (exact) mass is 273 g/mol. The first-order valence-electron chi connectivity index (χ1n) is 6.10. The molecule has 0 aliphatic carbocycles. The standard InChI is InChI=1S/C16H16ClNO/c1-18(2)14-10-8-12(9-11-14)15(17)16(19)13-6-4-3-5-7-13/h3-11,15H,1-2H3. The highest BCUT2D eigenvalue weighted by Gasteiger charge is 2.19. The molecule has 98 valence electrons. The lowest BCUT2D eigenvalue weighted by Crippen LogP contribution is -2.10. The lowest BCUT2D eigenvalue weighted by Gasteiger charge is -2.14. The lowest BCUT2D eigenvalue weighted by atomic mass is 10.0. The number of hydrogen-bond donors (Lipinski definition) is 0. The van der Waals surface area contributed by atoms with Crippen molar-refractivity contribution in [2.24, 2.45) is 0 Å². The molecule has 0 spiro atoms. The third kappa shape index (κ3) is 3.15. The summed E-state index contributed by atoms with van der Waals surface area (Å²) >= 11 is 6.26. The second-order valence-electron chi connectivity index (χ2n) is 4.58. The van der Waals surface area contributed by atoms with Gasteiger partial charge in [0.2, 0.25) is 0 Å². The summed E-state index contributed by atoms with van der Waals surface area (Å²) in [6.45, 7) is 0. The molecule has 1 unspecified atom stereocenters. The highest BCUT2D eigenvalue weighted by molar-refractivity contribution is 6.33. The number of Topliss-reactive ketones (excluding diaryl/α,β-unsaturated/α-hetero) is 1. The van der Waals surface area contributed by atoms with Crippen LogP contribution in [0, 0.1) is 0 Å². The molecule has 0 saturated heterocycles. The van der Waals surface area contributed by atoms with E-state index in [1.807, 2.05) is 61.5 Å². The highest BCUT2D eigenvalue weighted by Crippen LogP contribution is 2.26. The van der Waals surface area contributed by atoms with E-state index in [0.29, 0.717) is 5.56 Å². The summed E-state index contributed by atoms with van der Waals surface area (Å²) in [5.74, 6) is -0.0696. The van der Waals surface area contributed by atoms with Crippen LogP contribution in [0.3, 0.4) is 0 Å². The molecule has 0 heterocycles. The van der Waals surface area contributed by atoms with Crippen LogP contribution in [0.25, 0.3) is 0 Å². The molecule has 0 aliphatic rings. The fourth-order valence-corrected chi connectivity index (χ4v) is 2.11. The second-order valence-corrected chi connectivity index (χ2v) is 5.02. The Morgan fingerprint density at radius 1 is 1.00 bits per heavy atom. The molecular weight excluding hydrogens is 258 g/mol. The molecule has 0 bridgehead atoms. The number of carbonyl (C=O) groups is 1. The van der Waals surface area contributed by atoms with Crippen LogP contribution in [0.15, 0.2) is 54.6 Å². The normalized spacial score (nSPS) is 11.9. The first kappa shape index (κ1) is 13.6. The smallest absolute Gasteiger partial charge is 0.185 e. The Morgan fingerprint density at radius 3 is 2.11 bits per heavy atom. The summed E-state index contributed by atoms with van der Waals surface area (Å²) in [7, 11) is 3.95. The van der Waals surface area contributed by atoms with E-state index < -0.39 is 5.38 Å². The molecule has 0 N–H and O–H groups in total. The third-order valence-electron chi connectivity index (χ3n) is 2.99. The fraction of sp³-hybridized carbons (Fsp3) is 0.188. The average Bonchev–Trinajstić information content (AvgIpc) is 2.46. The molecule has 0 aliphatic heterocycles. The predicted octanol–water partition coefficient (Wildman–Crippen LogP) is 3.92. The van der Waals surface area contributed by atoms with Crippen molar-refractivity contribution in [1.82, 2.24) is 0 Å². The van der Waals surface area contributed by atoms with Gasteiger partial charge in [0, 0.05) is 25.3 Å². The SMILES string of the molecule is CN(C)c1ccc(C(Cl)C(=O)c2ccccc2)cc1. The van der Waals surface area contributed by atoms with Gasteiger partial charge in [0.1, 0.15) is 5.38 Å². The maximum absolute atomic E-state index is 12.2. The molecular formula is C16H16ClNO. The maximum atomic E-state index is 12.2. The van der Waals surface area contributed by atoms with Gasteiger partial charge in [-0.05, 0) is 17.7 Å². The topological polar surface area (TPSA) is 20.3 Å². The Balaban J connectivity index is 2.20. The molecule has 3 heteroatoms. The Bertz CT molecular complexity index is 549. The van der Waals surface area contributed by atoms with Crippen LogP contribution in [-0.2, 0) is 0 Å². The minimum atomic E-state index is -0.640. The van der Waals surface area contributed by atoms with Crippen molar-refractivity contribution in [3.8, 4) is 0 Å². The predicted molar refractivity (Wildman–Crippen MR) is 80.1 cm³/mol. The molecule has 0 aromatic heterocycles. The van der Waals surface area contributed by atoms with E-state index in [1.165, 1.54) is 0 Å². The summed E-state index contributed by atoms with van der Waals surface area (Å²) in [5, 5.41) is -0.640. The zero-order valence-electron chi connectivity index (χ0n) is 11.0. The average molecular weight is 274 g/mol. The van der Waals surface area contributed by atoms with Gasteiger partial charge in [0.25, 0.3) is 0 Å². The molecule has 2 aromatic rings. The Kier molecular flexibility index (Phi) is 4.23. The van der Waals surface area contributed by atoms with Gasteiger partial charge < -0.3 is 4.90 Å². The molecule has 0 amide bonds. The van der Waals surface area contributed by atoms with E-state index in [4.69, 9.17) is 11.6 Å². The number of nitrogens with zero attached hydrogens (tertiary/aromatic N) is 1. The summed E-state index contributed by atoms with van der Waals surface area (Å²) in [5.41, 5.74) is 2.54. The quantitative estimate of drug-likeness (QED) is 0.622. The van der Waals surface area contributed by atoms with Crippen molar-refractivity contribution < 1.29 is 4.79 Å². The molecule has 2 aromatic carbocycles. The van der Waals surface area contributed by atoms with Gasteiger partial charge in [-0.25, -0.2) is 0 Å². The molecule has 19 heavy (non-hydrogen) atoms. The number of alkyl halides is 1. The van der Waals surface area contributed by atoms with E-state index in [9.17, 15) is 4.79 Å². The Hall–Kier alpha value is -1.80. The van der Waals surface area contributed by atoms with Crippen LogP contribution in [-0.4, -0.2) is 19.9 Å². The van der Waals surface area contributed by atoms with Crippen LogP contribution in [0.2, 0.25) is 0 Å². The van der Waals surface area contributed by atoms with Gasteiger partial charge in [0.15, 0.2) is 5.78 Å². The molecule has 1 atom stereocenters. The summed E-state index contributed by atoms with van der Waals surface area (Å²) in [4.78, 5) is 14.2. The van der Waals surface area contributed by atoms with E-state index in [1.54, 1.807) is 12.1 Å². The molecule has 2 nitrogen and oxygen atoms in total. The number of anilines is 1. The van der Waals surface area contributed by atoms with E-state index in [0.717, 1.165) is 11.3 Å². The largest absolute Gasteiger partial charge is 0.378 e. The van der Waals surface area contributed by atoms with Crippen LogP contribution >= 0.6 is 11.6 Å². The van der Waals surface area contributed by atoms with Crippen LogP contribution in [0.4, 0.5) is 5.69 Å². The number of hydrogen-bond acceptors (Lipinski definition) is 2. The van der Waals surface area contributed by atoms with Crippen LogP contribution in [0.5, 0.6) is 0 Å². The summed E-state index contributed by atoms with van der Waals surface area (Å²) in [6, 6.07) is 16.8. The van der Waals surface area contributed by atoms with Crippen LogP contribution in [0.1, 0.15) is 21.3 Å². The first-order valence-corrected chi connectivity index (χ1v) is 6.54. The van der Waals surface area contributed by atoms with Gasteiger partial charge in [-0.1, -0.05) is 42.5 Å². The maximum Gasteiger partial charge on any atom is 0.185 e. The van der Waals surface area contributed by atoms with Crippen LogP contribution < -0.4 is 4.90 Å². The Labute approximate surface area is 118 Å². The molecule has 0 fully saturated rings. The fourth-order valence-electron chi connectivity index (χ4n) is 1.84. The summed E-state index contributed by atoms with van der Waals surface area (Å²) < 4.78 is 0. The number of halogens is 1. The van der Waals surface area contributed by atoms with Crippen molar-refractivity contribution in [1.29, 1.82) is 0 Å². The van der Waals surface area contributed by atoms with Crippen molar-refractivity contribution in [3.05, 3.63) is 65.7 Å².